The number of thioether (sulfide) groups is 1. The number of hydrazone groups is 1. The predicted molar refractivity (Wildman–Crippen MR) is 86.6 cm³/mol. The lowest BCUT2D eigenvalue weighted by atomic mass is 10.1. The van der Waals surface area contributed by atoms with Gasteiger partial charge in [0.2, 0.25) is 11.8 Å². The Morgan fingerprint density at radius 2 is 2.04 bits per heavy atom. The molecule has 0 spiro atoms. The molecule has 0 radical (unpaired) electrons. The third-order valence-corrected chi connectivity index (χ3v) is 4.31. The van der Waals surface area contributed by atoms with Crippen LogP contribution in [0.3, 0.4) is 0 Å². The molecule has 0 saturated heterocycles. The molecule has 3 rings (SSSR count). The van der Waals surface area contributed by atoms with Crippen LogP contribution in [0.5, 0.6) is 0 Å². The molecular weight excluding hydrogens is 318 g/mol. The summed E-state index contributed by atoms with van der Waals surface area (Å²) in [5.41, 5.74) is 0.546. The van der Waals surface area contributed by atoms with Crippen LogP contribution in [0.25, 0.3) is 11.0 Å². The fourth-order valence-electron chi connectivity index (χ4n) is 2.23. The maximum Gasteiger partial charge on any atom is 0.241 e. The number of para-hydroxylation sites is 1. The van der Waals surface area contributed by atoms with Gasteiger partial charge in [-0.3, -0.25) is 14.4 Å². The number of nitrogens with zero attached hydrogens (tertiary/aromatic N) is 2. The largest absolute Gasteiger partial charge is 0.464 e. The van der Waals surface area contributed by atoms with E-state index in [0.717, 1.165) is 16.8 Å². The van der Waals surface area contributed by atoms with Crippen molar-refractivity contribution in [1.82, 2.24) is 10.3 Å². The van der Waals surface area contributed by atoms with Gasteiger partial charge in [0.25, 0.3) is 0 Å². The van der Waals surface area contributed by atoms with Gasteiger partial charge in [-0.25, -0.2) is 5.01 Å². The molecule has 0 bridgehead atoms. The van der Waals surface area contributed by atoms with E-state index in [0.29, 0.717) is 16.5 Å². The average molecular weight is 331 g/mol. The van der Waals surface area contributed by atoms with Gasteiger partial charge >= 0.3 is 0 Å². The summed E-state index contributed by atoms with van der Waals surface area (Å²) in [5, 5.41) is 7.78. The standard InChI is InChI=1S/C15H13N3O4S/c1-8(19)16-15-17-18(9(2)20)14(23-15)11-7-22-12-6-4-3-5-10(12)13(11)21/h3-7,14H,1-2H3,(H,16,17,19). The second kappa shape index (κ2) is 5.88. The molecule has 23 heavy (non-hydrogen) atoms. The van der Waals surface area contributed by atoms with Gasteiger partial charge < -0.3 is 9.73 Å². The van der Waals surface area contributed by atoms with Crippen molar-refractivity contribution in [2.24, 2.45) is 5.10 Å². The molecule has 2 aromatic rings. The number of benzene rings is 1. The summed E-state index contributed by atoms with van der Waals surface area (Å²) < 4.78 is 5.49. The summed E-state index contributed by atoms with van der Waals surface area (Å²) in [6.45, 7) is 2.69. The third-order valence-electron chi connectivity index (χ3n) is 3.22. The Bertz CT molecular complexity index is 890. The van der Waals surface area contributed by atoms with Crippen molar-refractivity contribution in [3.05, 3.63) is 46.3 Å². The average Bonchev–Trinajstić information content (AvgIpc) is 2.91. The highest BCUT2D eigenvalue weighted by atomic mass is 32.2. The van der Waals surface area contributed by atoms with Crippen molar-refractivity contribution >= 4 is 39.7 Å². The highest BCUT2D eigenvalue weighted by Gasteiger charge is 2.34. The van der Waals surface area contributed by atoms with E-state index in [9.17, 15) is 14.4 Å². The molecular formula is C15H13N3O4S. The summed E-state index contributed by atoms with van der Waals surface area (Å²) >= 11 is 1.11. The zero-order valence-corrected chi connectivity index (χ0v) is 13.2. The predicted octanol–water partition coefficient (Wildman–Crippen LogP) is 1.79. The van der Waals surface area contributed by atoms with E-state index in [4.69, 9.17) is 4.42 Å². The number of amidine groups is 1. The number of amides is 2. The third kappa shape index (κ3) is 2.85. The fourth-order valence-corrected chi connectivity index (χ4v) is 3.36. The van der Waals surface area contributed by atoms with Crippen molar-refractivity contribution in [3.63, 3.8) is 0 Å². The molecule has 1 aromatic carbocycles. The second-order valence-corrected chi connectivity index (χ2v) is 6.01. The van der Waals surface area contributed by atoms with Crippen molar-refractivity contribution in [1.29, 1.82) is 0 Å². The maximum absolute atomic E-state index is 12.7. The Morgan fingerprint density at radius 3 is 2.74 bits per heavy atom. The van der Waals surface area contributed by atoms with Gasteiger partial charge in [0, 0.05) is 13.8 Å². The van der Waals surface area contributed by atoms with E-state index in [2.05, 4.69) is 10.4 Å². The van der Waals surface area contributed by atoms with Crippen LogP contribution in [0.4, 0.5) is 0 Å². The lowest BCUT2D eigenvalue weighted by molar-refractivity contribution is -0.129. The SMILES string of the molecule is CC(=O)NC1=NN(C(C)=O)C(c2coc3ccccc3c2=O)S1. The van der Waals surface area contributed by atoms with Crippen molar-refractivity contribution in [3.8, 4) is 0 Å². The molecule has 1 aliphatic heterocycles. The molecule has 1 atom stereocenters. The van der Waals surface area contributed by atoms with Gasteiger partial charge in [0.05, 0.1) is 10.9 Å². The second-order valence-electron chi connectivity index (χ2n) is 4.94. The first-order valence-corrected chi connectivity index (χ1v) is 7.68. The number of hydrogen-bond donors (Lipinski definition) is 1. The molecule has 2 amide bonds. The molecule has 118 valence electrons. The van der Waals surface area contributed by atoms with E-state index in [1.807, 2.05) is 0 Å². The molecule has 1 aromatic heterocycles. The van der Waals surface area contributed by atoms with Crippen LogP contribution in [0.15, 0.2) is 44.8 Å². The Balaban J connectivity index is 2.04. The van der Waals surface area contributed by atoms with Crippen LogP contribution in [0.2, 0.25) is 0 Å². The van der Waals surface area contributed by atoms with Crippen LogP contribution in [0.1, 0.15) is 24.8 Å². The quantitative estimate of drug-likeness (QED) is 0.860. The number of carbonyl (C=O) groups is 2. The monoisotopic (exact) mass is 331 g/mol. The first-order chi connectivity index (χ1) is 11.0. The van der Waals surface area contributed by atoms with Gasteiger partial charge in [-0.15, -0.1) is 5.10 Å². The van der Waals surface area contributed by atoms with E-state index >= 15 is 0 Å². The highest BCUT2D eigenvalue weighted by molar-refractivity contribution is 8.14. The number of fused-ring (bicyclic) bond motifs is 1. The summed E-state index contributed by atoms with van der Waals surface area (Å²) in [7, 11) is 0. The van der Waals surface area contributed by atoms with Crippen LogP contribution >= 0.6 is 11.8 Å². The molecule has 1 aliphatic rings. The minimum Gasteiger partial charge on any atom is -0.464 e. The van der Waals surface area contributed by atoms with E-state index < -0.39 is 5.37 Å². The number of hydrogen-bond acceptors (Lipinski definition) is 6. The van der Waals surface area contributed by atoms with E-state index in [1.165, 1.54) is 20.1 Å². The molecule has 0 aliphatic carbocycles. The Morgan fingerprint density at radius 1 is 1.30 bits per heavy atom. The van der Waals surface area contributed by atoms with Gasteiger partial charge in [-0.05, 0) is 12.1 Å². The normalized spacial score (nSPS) is 17.2. The first kappa shape index (κ1) is 15.3. The lowest BCUT2D eigenvalue weighted by Crippen LogP contribution is -2.26. The van der Waals surface area contributed by atoms with Crippen molar-refractivity contribution in [2.75, 3.05) is 0 Å². The van der Waals surface area contributed by atoms with Gasteiger partial charge in [-0.2, -0.15) is 0 Å². The fraction of sp³-hybridized carbons (Fsp3) is 0.200. The summed E-state index contributed by atoms with van der Waals surface area (Å²) in [5.74, 6) is -0.638. The Labute approximate surface area is 135 Å². The number of carbonyl (C=O) groups excluding carboxylic acids is 2. The zero-order chi connectivity index (χ0) is 16.6. The van der Waals surface area contributed by atoms with Crippen molar-refractivity contribution in [2.45, 2.75) is 19.2 Å². The zero-order valence-electron chi connectivity index (χ0n) is 12.4. The number of rotatable bonds is 1. The van der Waals surface area contributed by atoms with Crippen molar-refractivity contribution < 1.29 is 14.0 Å². The molecule has 7 nitrogen and oxygen atoms in total. The van der Waals surface area contributed by atoms with Crippen LogP contribution in [-0.4, -0.2) is 22.0 Å². The van der Waals surface area contributed by atoms with Crippen LogP contribution < -0.4 is 10.7 Å². The van der Waals surface area contributed by atoms with E-state index in [-0.39, 0.29) is 22.4 Å². The minimum absolute atomic E-state index is 0.227. The van der Waals surface area contributed by atoms with Gasteiger partial charge in [0.1, 0.15) is 17.2 Å². The Kier molecular flexibility index (Phi) is 3.91. The molecule has 1 unspecified atom stereocenters. The minimum atomic E-state index is -0.671. The molecule has 0 fully saturated rings. The van der Waals surface area contributed by atoms with Crippen LogP contribution in [0, 0.1) is 0 Å². The lowest BCUT2D eigenvalue weighted by Gasteiger charge is -2.18. The smallest absolute Gasteiger partial charge is 0.241 e. The maximum atomic E-state index is 12.7. The summed E-state index contributed by atoms with van der Waals surface area (Å²) in [6, 6.07) is 6.88. The topological polar surface area (TPSA) is 92.0 Å². The number of nitrogens with one attached hydrogen (secondary N) is 1. The van der Waals surface area contributed by atoms with E-state index in [1.54, 1.807) is 24.3 Å². The molecule has 0 saturated carbocycles. The van der Waals surface area contributed by atoms with Gasteiger partial charge in [-0.1, -0.05) is 23.9 Å². The summed E-state index contributed by atoms with van der Waals surface area (Å²) in [6.07, 6.45) is 1.34. The summed E-state index contributed by atoms with van der Waals surface area (Å²) in [4.78, 5) is 35.6. The molecule has 2 heterocycles. The van der Waals surface area contributed by atoms with Crippen LogP contribution in [-0.2, 0) is 9.59 Å². The van der Waals surface area contributed by atoms with Gasteiger partial charge in [0.15, 0.2) is 10.6 Å². The Hall–Kier alpha value is -2.61. The molecule has 1 N–H and O–H groups in total. The molecule has 8 heteroatoms. The first-order valence-electron chi connectivity index (χ1n) is 6.80. The highest BCUT2D eigenvalue weighted by Crippen LogP contribution is 2.37.